The number of halogens is 3. The van der Waals surface area contributed by atoms with Crippen molar-refractivity contribution in [3.8, 4) is 5.75 Å². The number of rotatable bonds is 7. The molecule has 0 saturated carbocycles. The molecule has 2 N–H and O–H groups in total. The van der Waals surface area contributed by atoms with Crippen LogP contribution in [-0.2, 0) is 11.0 Å². The summed E-state index contributed by atoms with van der Waals surface area (Å²) in [4.78, 5) is 23.6. The highest BCUT2D eigenvalue weighted by Crippen LogP contribution is 2.31. The summed E-state index contributed by atoms with van der Waals surface area (Å²) in [6.45, 7) is 1.53. The summed E-state index contributed by atoms with van der Waals surface area (Å²) >= 11 is 0. The predicted octanol–water partition coefficient (Wildman–Crippen LogP) is 2.61. The molecule has 2 aromatic rings. The summed E-state index contributed by atoms with van der Waals surface area (Å²) in [5.74, 6) is -0.860. The minimum Gasteiger partial charge on any atom is -0.492 e. The fourth-order valence-corrected chi connectivity index (χ4v) is 2.00. The van der Waals surface area contributed by atoms with E-state index in [9.17, 15) is 22.8 Å². The first kappa shape index (κ1) is 19.4. The van der Waals surface area contributed by atoms with Gasteiger partial charge in [0.05, 0.1) is 18.4 Å². The largest absolute Gasteiger partial charge is 0.492 e. The Kier molecular flexibility index (Phi) is 6.26. The lowest BCUT2D eigenvalue weighted by atomic mass is 10.2. The van der Waals surface area contributed by atoms with Gasteiger partial charge in [0.25, 0.3) is 5.91 Å². The summed E-state index contributed by atoms with van der Waals surface area (Å²) in [5.41, 5.74) is -0.812. The number of carbonyl (C=O) groups is 2. The van der Waals surface area contributed by atoms with E-state index in [0.29, 0.717) is 0 Å². The normalized spacial score (nSPS) is 12.3. The number of benzene rings is 1. The van der Waals surface area contributed by atoms with Gasteiger partial charge in [-0.1, -0.05) is 6.07 Å². The number of amides is 2. The lowest BCUT2D eigenvalue weighted by Crippen LogP contribution is -2.45. The van der Waals surface area contributed by atoms with Gasteiger partial charge in [-0.25, -0.2) is 0 Å². The molecule has 0 aliphatic rings. The van der Waals surface area contributed by atoms with Crippen molar-refractivity contribution in [3.05, 3.63) is 54.0 Å². The Bertz CT molecular complexity index is 745. The summed E-state index contributed by atoms with van der Waals surface area (Å²) in [5, 5.41) is 4.97. The predicted molar refractivity (Wildman–Crippen MR) is 85.6 cm³/mol. The van der Waals surface area contributed by atoms with Crippen LogP contribution < -0.4 is 15.4 Å². The van der Waals surface area contributed by atoms with Gasteiger partial charge in [-0.2, -0.15) is 13.2 Å². The van der Waals surface area contributed by atoms with Gasteiger partial charge < -0.3 is 19.8 Å². The van der Waals surface area contributed by atoms with Crippen LogP contribution in [0.5, 0.6) is 5.75 Å². The fourth-order valence-electron chi connectivity index (χ4n) is 2.00. The SMILES string of the molecule is C[C@H](NC(=O)c1ccco1)C(=O)NCCOc1cccc(C(F)(F)F)c1. The maximum atomic E-state index is 12.6. The number of nitrogens with one attached hydrogen (secondary N) is 2. The molecule has 0 spiro atoms. The molecule has 0 bridgehead atoms. The standard InChI is InChI=1S/C17H17F3N2O4/c1-11(22-16(24)14-6-3-8-26-14)15(23)21-7-9-25-13-5-2-4-12(10-13)17(18,19)20/h2-6,8,10-11H,7,9H2,1H3,(H,21,23)(H,22,24)/t11-/m0/s1. The minimum absolute atomic E-state index is 0.0219. The summed E-state index contributed by atoms with van der Waals surface area (Å²) in [7, 11) is 0. The van der Waals surface area contributed by atoms with Crippen molar-refractivity contribution < 1.29 is 31.9 Å². The Balaban J connectivity index is 1.74. The summed E-state index contributed by atoms with van der Waals surface area (Å²) < 4.78 is 47.9. The molecule has 0 aliphatic carbocycles. The van der Waals surface area contributed by atoms with Crippen LogP contribution in [0.4, 0.5) is 13.2 Å². The van der Waals surface area contributed by atoms with Gasteiger partial charge in [-0.3, -0.25) is 9.59 Å². The number of ether oxygens (including phenoxy) is 1. The molecule has 0 fully saturated rings. The molecular formula is C17H17F3N2O4. The Morgan fingerprint density at radius 1 is 1.23 bits per heavy atom. The van der Waals surface area contributed by atoms with E-state index in [-0.39, 0.29) is 24.7 Å². The number of hydrogen-bond acceptors (Lipinski definition) is 4. The number of carbonyl (C=O) groups excluding carboxylic acids is 2. The van der Waals surface area contributed by atoms with Crippen molar-refractivity contribution in [3.63, 3.8) is 0 Å². The Morgan fingerprint density at radius 2 is 2.00 bits per heavy atom. The zero-order valence-electron chi connectivity index (χ0n) is 13.8. The zero-order valence-corrected chi connectivity index (χ0v) is 13.8. The second-order valence-corrected chi connectivity index (χ2v) is 5.34. The van der Waals surface area contributed by atoms with E-state index in [1.54, 1.807) is 6.07 Å². The molecule has 2 rings (SSSR count). The van der Waals surface area contributed by atoms with Gasteiger partial charge in [-0.05, 0) is 37.3 Å². The van der Waals surface area contributed by atoms with Crippen LogP contribution >= 0.6 is 0 Å². The maximum absolute atomic E-state index is 12.6. The average molecular weight is 370 g/mol. The second kappa shape index (κ2) is 8.41. The monoisotopic (exact) mass is 370 g/mol. The highest BCUT2D eigenvalue weighted by atomic mass is 19.4. The fraction of sp³-hybridized carbons (Fsp3) is 0.294. The van der Waals surface area contributed by atoms with E-state index in [2.05, 4.69) is 10.6 Å². The van der Waals surface area contributed by atoms with Crippen LogP contribution in [0.3, 0.4) is 0 Å². The third-order valence-electron chi connectivity index (χ3n) is 3.32. The topological polar surface area (TPSA) is 80.6 Å². The van der Waals surface area contributed by atoms with E-state index in [0.717, 1.165) is 12.1 Å². The van der Waals surface area contributed by atoms with Crippen molar-refractivity contribution in [1.82, 2.24) is 10.6 Å². The Morgan fingerprint density at radius 3 is 2.65 bits per heavy atom. The molecule has 1 aromatic heterocycles. The molecule has 1 heterocycles. The highest BCUT2D eigenvalue weighted by Gasteiger charge is 2.30. The average Bonchev–Trinajstić information content (AvgIpc) is 3.12. The number of alkyl halides is 3. The third-order valence-corrected chi connectivity index (χ3v) is 3.32. The first-order chi connectivity index (χ1) is 12.3. The van der Waals surface area contributed by atoms with Gasteiger partial charge in [0.1, 0.15) is 18.4 Å². The van der Waals surface area contributed by atoms with Gasteiger partial charge in [0.15, 0.2) is 5.76 Å². The van der Waals surface area contributed by atoms with Crippen molar-refractivity contribution in [2.75, 3.05) is 13.2 Å². The molecular weight excluding hydrogens is 353 g/mol. The van der Waals surface area contributed by atoms with E-state index in [1.807, 2.05) is 0 Å². The van der Waals surface area contributed by atoms with Crippen LogP contribution in [0, 0.1) is 0 Å². The molecule has 1 atom stereocenters. The molecule has 0 aliphatic heterocycles. The molecule has 9 heteroatoms. The smallest absolute Gasteiger partial charge is 0.416 e. The molecule has 0 radical (unpaired) electrons. The van der Waals surface area contributed by atoms with E-state index in [4.69, 9.17) is 9.15 Å². The zero-order chi connectivity index (χ0) is 19.2. The van der Waals surface area contributed by atoms with E-state index >= 15 is 0 Å². The van der Waals surface area contributed by atoms with Crippen molar-refractivity contribution >= 4 is 11.8 Å². The van der Waals surface area contributed by atoms with Crippen molar-refractivity contribution in [2.45, 2.75) is 19.1 Å². The van der Waals surface area contributed by atoms with Crippen LogP contribution in [0.2, 0.25) is 0 Å². The van der Waals surface area contributed by atoms with Gasteiger partial charge in [0.2, 0.25) is 5.91 Å². The van der Waals surface area contributed by atoms with Crippen LogP contribution in [0.1, 0.15) is 23.0 Å². The molecule has 1 aromatic carbocycles. The Labute approximate surface area is 147 Å². The van der Waals surface area contributed by atoms with Crippen LogP contribution in [-0.4, -0.2) is 31.0 Å². The highest BCUT2D eigenvalue weighted by molar-refractivity contribution is 5.95. The molecule has 0 unspecified atom stereocenters. The van der Waals surface area contributed by atoms with Gasteiger partial charge >= 0.3 is 6.18 Å². The lowest BCUT2D eigenvalue weighted by Gasteiger charge is -2.14. The molecule has 2 amide bonds. The van der Waals surface area contributed by atoms with Crippen LogP contribution in [0.25, 0.3) is 0 Å². The minimum atomic E-state index is -4.45. The summed E-state index contributed by atoms with van der Waals surface area (Å²) in [6, 6.07) is 6.65. The maximum Gasteiger partial charge on any atom is 0.416 e. The first-order valence-electron chi connectivity index (χ1n) is 7.69. The molecule has 140 valence electrons. The number of hydrogen-bond donors (Lipinski definition) is 2. The van der Waals surface area contributed by atoms with Crippen molar-refractivity contribution in [1.29, 1.82) is 0 Å². The van der Waals surface area contributed by atoms with Gasteiger partial charge in [0, 0.05) is 0 Å². The van der Waals surface area contributed by atoms with Crippen LogP contribution in [0.15, 0.2) is 47.1 Å². The van der Waals surface area contributed by atoms with E-state index in [1.165, 1.54) is 31.4 Å². The lowest BCUT2D eigenvalue weighted by molar-refractivity contribution is -0.137. The summed E-state index contributed by atoms with van der Waals surface area (Å²) in [6.07, 6.45) is -3.11. The quantitative estimate of drug-likeness (QED) is 0.735. The Hall–Kier alpha value is -2.97. The molecule has 6 nitrogen and oxygen atoms in total. The third kappa shape index (κ3) is 5.54. The van der Waals surface area contributed by atoms with E-state index < -0.39 is 29.6 Å². The van der Waals surface area contributed by atoms with Gasteiger partial charge in [-0.15, -0.1) is 0 Å². The molecule has 0 saturated heterocycles. The first-order valence-corrected chi connectivity index (χ1v) is 7.69. The van der Waals surface area contributed by atoms with Crippen molar-refractivity contribution in [2.24, 2.45) is 0 Å². The number of furan rings is 1. The second-order valence-electron chi connectivity index (χ2n) is 5.34. The molecule has 26 heavy (non-hydrogen) atoms.